The Balaban J connectivity index is 1.75. The number of nitrogens with zero attached hydrogens (tertiary/aromatic N) is 3. The second kappa shape index (κ2) is 8.28. The minimum atomic E-state index is -4.06. The van der Waals surface area contributed by atoms with Crippen LogP contribution in [0.25, 0.3) is 0 Å². The highest BCUT2D eigenvalue weighted by Crippen LogP contribution is 2.37. The van der Waals surface area contributed by atoms with Crippen LogP contribution in [0.1, 0.15) is 25.0 Å². The summed E-state index contributed by atoms with van der Waals surface area (Å²) in [6.07, 6.45) is 5.21. The fourth-order valence-corrected chi connectivity index (χ4v) is 6.38. The van der Waals surface area contributed by atoms with E-state index in [2.05, 4.69) is 11.6 Å². The molecule has 0 spiro atoms. The zero-order valence-corrected chi connectivity index (χ0v) is 17.3. The lowest BCUT2D eigenvalue weighted by molar-refractivity contribution is -0.135. The van der Waals surface area contributed by atoms with Crippen molar-refractivity contribution in [1.29, 1.82) is 0 Å². The number of pyridine rings is 1. The molecule has 2 aliphatic rings. The summed E-state index contributed by atoms with van der Waals surface area (Å²) in [5.41, 5.74) is 0.740. The van der Waals surface area contributed by atoms with Crippen molar-refractivity contribution in [2.24, 2.45) is 5.92 Å². The van der Waals surface area contributed by atoms with Crippen molar-refractivity contribution in [2.75, 3.05) is 6.54 Å². The molecule has 3 atom stereocenters. The number of carbonyl (C=O) groups is 1. The first kappa shape index (κ1) is 20.7. The smallest absolute Gasteiger partial charge is 0.244 e. The van der Waals surface area contributed by atoms with Gasteiger partial charge in [0, 0.05) is 24.7 Å². The molecular weight excluding hydrogens is 405 g/mol. The zero-order valence-electron chi connectivity index (χ0n) is 16.5. The van der Waals surface area contributed by atoms with Crippen molar-refractivity contribution in [3.05, 3.63) is 72.8 Å². The van der Waals surface area contributed by atoms with Crippen molar-refractivity contribution in [3.8, 4) is 0 Å². The number of sulfonamides is 1. The Morgan fingerprint density at radius 2 is 2.03 bits per heavy atom. The highest BCUT2D eigenvalue weighted by Gasteiger charge is 2.49. The summed E-state index contributed by atoms with van der Waals surface area (Å²) < 4.78 is 42.1. The first-order valence-electron chi connectivity index (χ1n) is 10.0. The van der Waals surface area contributed by atoms with Crippen LogP contribution < -0.4 is 0 Å². The van der Waals surface area contributed by atoms with Crippen molar-refractivity contribution in [1.82, 2.24) is 14.2 Å². The van der Waals surface area contributed by atoms with E-state index in [9.17, 15) is 17.6 Å². The zero-order chi connectivity index (χ0) is 21.3. The lowest BCUT2D eigenvalue weighted by Crippen LogP contribution is -2.54. The number of halogens is 1. The molecule has 1 amide bonds. The molecule has 2 aromatic rings. The molecule has 3 heterocycles. The first-order chi connectivity index (χ1) is 14.4. The van der Waals surface area contributed by atoms with E-state index in [4.69, 9.17) is 0 Å². The largest absolute Gasteiger partial charge is 0.335 e. The summed E-state index contributed by atoms with van der Waals surface area (Å²) in [5, 5.41) is 0. The van der Waals surface area contributed by atoms with Crippen LogP contribution in [0.5, 0.6) is 0 Å². The van der Waals surface area contributed by atoms with Crippen molar-refractivity contribution in [3.63, 3.8) is 0 Å². The lowest BCUT2D eigenvalue weighted by atomic mass is 9.90. The van der Waals surface area contributed by atoms with E-state index in [1.807, 2.05) is 12.1 Å². The molecule has 2 fully saturated rings. The van der Waals surface area contributed by atoms with Gasteiger partial charge in [-0.3, -0.25) is 9.78 Å². The number of hydrogen-bond donors (Lipinski definition) is 0. The van der Waals surface area contributed by atoms with Gasteiger partial charge in [-0.2, -0.15) is 4.31 Å². The van der Waals surface area contributed by atoms with E-state index < -0.39 is 27.9 Å². The second-order valence-electron chi connectivity index (χ2n) is 7.75. The quantitative estimate of drug-likeness (QED) is 0.685. The molecule has 0 saturated carbocycles. The van der Waals surface area contributed by atoms with Crippen LogP contribution in [0.4, 0.5) is 4.39 Å². The molecule has 0 N–H and O–H groups in total. The van der Waals surface area contributed by atoms with E-state index in [0.717, 1.165) is 18.2 Å². The third-order valence-electron chi connectivity index (χ3n) is 5.89. The van der Waals surface area contributed by atoms with Crippen LogP contribution in [-0.2, 0) is 21.4 Å². The Bertz CT molecular complexity index is 1040. The molecule has 8 heteroatoms. The standard InChI is InChI=1S/C22H24FN3O3S/c1-2-16-14-25(15-18-8-3-4-12-24-18)22(27)21-11-6-10-20(16)26(21)30(28,29)19-9-5-7-17(23)13-19/h2-5,7-9,12-13,16,20-21H,1,6,10-11,14-15H2. The minimum absolute atomic E-state index is 0.131. The van der Waals surface area contributed by atoms with Gasteiger partial charge >= 0.3 is 0 Å². The predicted octanol–water partition coefficient (Wildman–Crippen LogP) is 2.98. The van der Waals surface area contributed by atoms with E-state index in [1.165, 1.54) is 22.5 Å². The first-order valence-corrected chi connectivity index (χ1v) is 11.5. The highest BCUT2D eigenvalue weighted by molar-refractivity contribution is 7.89. The molecule has 2 aliphatic heterocycles. The minimum Gasteiger partial charge on any atom is -0.335 e. The molecule has 6 nitrogen and oxygen atoms in total. The normalized spacial score (nSPS) is 25.0. The molecular formula is C22H24FN3O3S. The molecule has 1 aromatic carbocycles. The van der Waals surface area contributed by atoms with E-state index in [-0.39, 0.29) is 16.7 Å². The van der Waals surface area contributed by atoms with Gasteiger partial charge in [0.25, 0.3) is 0 Å². The number of piperidine rings is 1. The number of fused-ring (bicyclic) bond motifs is 2. The van der Waals surface area contributed by atoms with Crippen LogP contribution in [-0.4, -0.2) is 47.1 Å². The summed E-state index contributed by atoms with van der Waals surface area (Å²) in [6.45, 7) is 4.59. The Morgan fingerprint density at radius 1 is 1.20 bits per heavy atom. The van der Waals surface area contributed by atoms with E-state index in [0.29, 0.717) is 25.9 Å². The van der Waals surface area contributed by atoms with Crippen LogP contribution in [0, 0.1) is 11.7 Å². The Kier molecular flexibility index (Phi) is 5.71. The van der Waals surface area contributed by atoms with Crippen LogP contribution in [0.2, 0.25) is 0 Å². The lowest BCUT2D eigenvalue weighted by Gasteiger charge is -2.40. The third kappa shape index (κ3) is 3.77. The molecule has 0 radical (unpaired) electrons. The van der Waals surface area contributed by atoms with Gasteiger partial charge in [0.2, 0.25) is 15.9 Å². The van der Waals surface area contributed by atoms with Crippen LogP contribution >= 0.6 is 0 Å². The maximum Gasteiger partial charge on any atom is 0.244 e. The molecule has 30 heavy (non-hydrogen) atoms. The molecule has 3 unspecified atom stereocenters. The molecule has 4 rings (SSSR count). The molecule has 1 aromatic heterocycles. The topological polar surface area (TPSA) is 70.6 Å². The number of aromatic nitrogens is 1. The van der Waals surface area contributed by atoms with Gasteiger partial charge in [-0.15, -0.1) is 6.58 Å². The second-order valence-corrected chi connectivity index (χ2v) is 9.59. The molecule has 2 bridgehead atoms. The number of amides is 1. The van der Waals surface area contributed by atoms with Gasteiger partial charge in [-0.1, -0.05) is 18.2 Å². The summed E-state index contributed by atoms with van der Waals surface area (Å²) in [4.78, 5) is 19.3. The number of hydrogen-bond acceptors (Lipinski definition) is 4. The number of benzene rings is 1. The number of carbonyl (C=O) groups excluding carboxylic acids is 1. The maximum atomic E-state index is 13.8. The van der Waals surface area contributed by atoms with Crippen LogP contribution in [0.15, 0.2) is 66.2 Å². The van der Waals surface area contributed by atoms with Gasteiger partial charge in [0.15, 0.2) is 0 Å². The van der Waals surface area contributed by atoms with Gasteiger partial charge in [-0.05, 0) is 49.6 Å². The fourth-order valence-electron chi connectivity index (χ4n) is 4.47. The Labute approximate surface area is 176 Å². The molecule has 0 aliphatic carbocycles. The van der Waals surface area contributed by atoms with Crippen molar-refractivity contribution in [2.45, 2.75) is 42.8 Å². The fraction of sp³-hybridized carbons (Fsp3) is 0.364. The average molecular weight is 430 g/mol. The Morgan fingerprint density at radius 3 is 2.73 bits per heavy atom. The van der Waals surface area contributed by atoms with E-state index in [1.54, 1.807) is 23.2 Å². The maximum absolute atomic E-state index is 13.8. The third-order valence-corrected chi connectivity index (χ3v) is 7.82. The highest BCUT2D eigenvalue weighted by atomic mass is 32.2. The van der Waals surface area contributed by atoms with Crippen molar-refractivity contribution < 1.29 is 17.6 Å². The molecule has 158 valence electrons. The monoisotopic (exact) mass is 429 g/mol. The summed E-state index contributed by atoms with van der Waals surface area (Å²) in [7, 11) is -4.06. The van der Waals surface area contributed by atoms with Gasteiger partial charge in [0.05, 0.1) is 17.1 Å². The SMILES string of the molecule is C=CC1CN(Cc2ccccn2)C(=O)C2CCCC1N2S(=O)(=O)c1cccc(F)c1. The van der Waals surface area contributed by atoms with Gasteiger partial charge < -0.3 is 4.90 Å². The summed E-state index contributed by atoms with van der Waals surface area (Å²) >= 11 is 0. The molecule has 2 saturated heterocycles. The number of rotatable bonds is 5. The van der Waals surface area contributed by atoms with Crippen molar-refractivity contribution >= 4 is 15.9 Å². The van der Waals surface area contributed by atoms with Gasteiger partial charge in [-0.25, -0.2) is 12.8 Å². The van der Waals surface area contributed by atoms with E-state index >= 15 is 0 Å². The summed E-state index contributed by atoms with van der Waals surface area (Å²) in [5.74, 6) is -1.10. The summed E-state index contributed by atoms with van der Waals surface area (Å²) in [6, 6.07) is 9.25. The predicted molar refractivity (Wildman–Crippen MR) is 110 cm³/mol. The Hall–Kier alpha value is -2.58. The van der Waals surface area contributed by atoms with Gasteiger partial charge in [0.1, 0.15) is 11.9 Å². The van der Waals surface area contributed by atoms with Crippen LogP contribution in [0.3, 0.4) is 0 Å². The average Bonchev–Trinajstić information content (AvgIpc) is 2.82.